The number of amides is 1. The molecule has 0 bridgehead atoms. The van der Waals surface area contributed by atoms with E-state index in [1.54, 1.807) is 6.21 Å². The van der Waals surface area contributed by atoms with E-state index >= 15 is 0 Å². The molecule has 1 aromatic heterocycles. The van der Waals surface area contributed by atoms with Crippen LogP contribution in [0.15, 0.2) is 64.9 Å². The molecule has 1 amide bonds. The minimum atomic E-state index is -0.182. The third-order valence-corrected chi connectivity index (χ3v) is 5.16. The second kappa shape index (κ2) is 9.85. The number of hydrogen-bond acceptors (Lipinski definition) is 5. The van der Waals surface area contributed by atoms with Crippen molar-refractivity contribution in [2.75, 3.05) is 5.75 Å². The molecule has 3 aromatic rings. The Labute approximate surface area is 169 Å². The van der Waals surface area contributed by atoms with Crippen LogP contribution in [0, 0.1) is 0 Å². The van der Waals surface area contributed by atoms with Gasteiger partial charge in [-0.15, -0.1) is 10.2 Å². The molecule has 1 N–H and O–H groups in total. The van der Waals surface area contributed by atoms with Crippen LogP contribution < -0.4 is 5.43 Å². The summed E-state index contributed by atoms with van der Waals surface area (Å²) >= 11 is 1.35. The monoisotopic (exact) mass is 393 g/mol. The first-order valence-corrected chi connectivity index (χ1v) is 10.2. The van der Waals surface area contributed by atoms with Crippen LogP contribution in [0.5, 0.6) is 0 Å². The number of carbonyl (C=O) groups excluding carboxylic acids is 1. The molecule has 2 aromatic carbocycles. The van der Waals surface area contributed by atoms with Gasteiger partial charge in [-0.3, -0.25) is 4.79 Å². The van der Waals surface area contributed by atoms with Crippen LogP contribution in [0.1, 0.15) is 25.0 Å². The van der Waals surface area contributed by atoms with E-state index in [4.69, 9.17) is 0 Å². The molecule has 3 rings (SSSR count). The molecule has 28 heavy (non-hydrogen) atoms. The van der Waals surface area contributed by atoms with Crippen LogP contribution in [0.3, 0.4) is 0 Å². The zero-order valence-corrected chi connectivity index (χ0v) is 16.8. The number of benzene rings is 2. The Kier molecular flexibility index (Phi) is 6.97. The van der Waals surface area contributed by atoms with Gasteiger partial charge in [0.05, 0.1) is 12.0 Å². The molecule has 0 aliphatic carbocycles. The van der Waals surface area contributed by atoms with E-state index in [9.17, 15) is 4.79 Å². The molecule has 6 nitrogen and oxygen atoms in total. The van der Waals surface area contributed by atoms with Gasteiger partial charge >= 0.3 is 0 Å². The van der Waals surface area contributed by atoms with Gasteiger partial charge in [-0.05, 0) is 24.5 Å². The normalized spacial score (nSPS) is 11.1. The third kappa shape index (κ3) is 5.07. The fourth-order valence-corrected chi connectivity index (χ4v) is 3.46. The maximum atomic E-state index is 12.1. The van der Waals surface area contributed by atoms with E-state index in [-0.39, 0.29) is 11.7 Å². The van der Waals surface area contributed by atoms with Crippen molar-refractivity contribution in [3.63, 3.8) is 0 Å². The van der Waals surface area contributed by atoms with Crippen molar-refractivity contribution in [1.29, 1.82) is 0 Å². The molecule has 0 aliphatic rings. The fraction of sp³-hybridized carbons (Fsp3) is 0.238. The highest BCUT2D eigenvalue weighted by molar-refractivity contribution is 7.99. The molecule has 0 saturated carbocycles. The number of carbonyl (C=O) groups is 1. The molecule has 7 heteroatoms. The van der Waals surface area contributed by atoms with Crippen LogP contribution in [-0.2, 0) is 17.8 Å². The van der Waals surface area contributed by atoms with Crippen molar-refractivity contribution in [2.24, 2.45) is 5.10 Å². The van der Waals surface area contributed by atoms with Gasteiger partial charge in [-0.25, -0.2) is 5.43 Å². The first-order valence-electron chi connectivity index (χ1n) is 9.23. The zero-order chi connectivity index (χ0) is 19.8. The summed E-state index contributed by atoms with van der Waals surface area (Å²) in [5.41, 5.74) is 5.78. The number of nitrogens with one attached hydrogen (secondary N) is 1. The molecule has 0 fully saturated rings. The molecule has 0 unspecified atom stereocenters. The Balaban J connectivity index is 1.55. The Hall–Kier alpha value is -2.93. The Bertz CT molecular complexity index is 935. The average molecular weight is 394 g/mol. The smallest absolute Gasteiger partial charge is 0.250 e. The van der Waals surface area contributed by atoms with Gasteiger partial charge in [0.15, 0.2) is 11.0 Å². The lowest BCUT2D eigenvalue weighted by atomic mass is 10.1. The first-order chi connectivity index (χ1) is 13.7. The van der Waals surface area contributed by atoms with Gasteiger partial charge in [0.1, 0.15) is 0 Å². The lowest BCUT2D eigenvalue weighted by Crippen LogP contribution is -2.20. The number of nitrogens with zero attached hydrogens (tertiary/aromatic N) is 4. The van der Waals surface area contributed by atoms with E-state index in [2.05, 4.69) is 39.8 Å². The highest BCUT2D eigenvalue weighted by atomic mass is 32.2. The summed E-state index contributed by atoms with van der Waals surface area (Å²) in [5.74, 6) is 0.844. The van der Waals surface area contributed by atoms with Crippen molar-refractivity contribution in [2.45, 2.75) is 32.0 Å². The van der Waals surface area contributed by atoms with E-state index < -0.39 is 0 Å². The highest BCUT2D eigenvalue weighted by Gasteiger charge is 2.14. The van der Waals surface area contributed by atoms with Crippen LogP contribution in [-0.4, -0.2) is 32.6 Å². The lowest BCUT2D eigenvalue weighted by Gasteiger charge is -2.06. The predicted octanol–water partition coefficient (Wildman–Crippen LogP) is 3.77. The third-order valence-electron chi connectivity index (χ3n) is 4.19. The standard InChI is InChI=1S/C21H23N5OS/c1-3-16-10-12-17(13-11-16)14-22-23-19(27)15-28-21-25-24-20(26(21)4-2)18-8-6-5-7-9-18/h5-14H,3-4,15H2,1-2H3,(H,23,27)/b22-14-. The van der Waals surface area contributed by atoms with Crippen LogP contribution in [0.4, 0.5) is 0 Å². The van der Waals surface area contributed by atoms with Gasteiger partial charge in [0, 0.05) is 12.1 Å². The lowest BCUT2D eigenvalue weighted by molar-refractivity contribution is -0.118. The van der Waals surface area contributed by atoms with Crippen LogP contribution in [0.25, 0.3) is 11.4 Å². The summed E-state index contributed by atoms with van der Waals surface area (Å²) in [6.45, 7) is 4.88. The number of thioether (sulfide) groups is 1. The fourth-order valence-electron chi connectivity index (χ4n) is 2.66. The summed E-state index contributed by atoms with van der Waals surface area (Å²) in [6, 6.07) is 18.0. The highest BCUT2D eigenvalue weighted by Crippen LogP contribution is 2.23. The van der Waals surface area contributed by atoms with Crippen molar-refractivity contribution in [3.05, 3.63) is 65.7 Å². The van der Waals surface area contributed by atoms with Crippen molar-refractivity contribution < 1.29 is 4.79 Å². The number of hydrogen-bond donors (Lipinski definition) is 1. The maximum Gasteiger partial charge on any atom is 0.250 e. The molecular formula is C21H23N5OS. The Morgan fingerprint density at radius 3 is 2.54 bits per heavy atom. The zero-order valence-electron chi connectivity index (χ0n) is 16.0. The van der Waals surface area contributed by atoms with Crippen molar-refractivity contribution >= 4 is 23.9 Å². The number of aromatic nitrogens is 3. The topological polar surface area (TPSA) is 72.2 Å². The van der Waals surface area contributed by atoms with E-state index in [0.717, 1.165) is 35.1 Å². The van der Waals surface area contributed by atoms with Gasteiger partial charge < -0.3 is 4.57 Å². The summed E-state index contributed by atoms with van der Waals surface area (Å²) in [4.78, 5) is 12.1. The number of aryl methyl sites for hydroxylation is 1. The summed E-state index contributed by atoms with van der Waals surface area (Å²) in [5, 5.41) is 13.3. The molecule has 0 aliphatic heterocycles. The van der Waals surface area contributed by atoms with E-state index in [1.165, 1.54) is 17.3 Å². The van der Waals surface area contributed by atoms with Gasteiger partial charge in [0.25, 0.3) is 5.91 Å². The molecule has 1 heterocycles. The Morgan fingerprint density at radius 2 is 1.86 bits per heavy atom. The van der Waals surface area contributed by atoms with Gasteiger partial charge in [-0.2, -0.15) is 5.10 Å². The molecule has 144 valence electrons. The maximum absolute atomic E-state index is 12.1. The second-order valence-electron chi connectivity index (χ2n) is 6.09. The van der Waals surface area contributed by atoms with Crippen molar-refractivity contribution in [3.8, 4) is 11.4 Å². The minimum absolute atomic E-state index is 0.182. The molecule has 0 atom stereocenters. The summed E-state index contributed by atoms with van der Waals surface area (Å²) < 4.78 is 2.01. The predicted molar refractivity (Wildman–Crippen MR) is 113 cm³/mol. The average Bonchev–Trinajstić information content (AvgIpc) is 3.16. The van der Waals surface area contributed by atoms with E-state index in [0.29, 0.717) is 0 Å². The summed E-state index contributed by atoms with van der Waals surface area (Å²) in [7, 11) is 0. The molecular weight excluding hydrogens is 370 g/mol. The first kappa shape index (κ1) is 19.8. The van der Waals surface area contributed by atoms with Crippen molar-refractivity contribution in [1.82, 2.24) is 20.2 Å². The van der Waals surface area contributed by atoms with Gasteiger partial charge in [0.2, 0.25) is 0 Å². The van der Waals surface area contributed by atoms with E-state index in [1.807, 2.05) is 54.0 Å². The quantitative estimate of drug-likeness (QED) is 0.359. The molecule has 0 saturated heterocycles. The second-order valence-corrected chi connectivity index (χ2v) is 7.04. The molecule has 0 radical (unpaired) electrons. The minimum Gasteiger partial charge on any atom is -0.302 e. The largest absolute Gasteiger partial charge is 0.302 e. The molecule has 0 spiro atoms. The summed E-state index contributed by atoms with van der Waals surface area (Å²) in [6.07, 6.45) is 2.64. The van der Waals surface area contributed by atoms with Crippen LogP contribution in [0.2, 0.25) is 0 Å². The number of hydrazone groups is 1. The number of rotatable bonds is 8. The van der Waals surface area contributed by atoms with Crippen LogP contribution >= 0.6 is 11.8 Å². The Morgan fingerprint density at radius 1 is 1.11 bits per heavy atom. The SMILES string of the molecule is CCc1ccc(/C=N\NC(=O)CSc2nnc(-c3ccccc3)n2CC)cc1. The van der Waals surface area contributed by atoms with Gasteiger partial charge in [-0.1, -0.05) is 73.3 Å².